The third-order valence-electron chi connectivity index (χ3n) is 6.92. The van der Waals surface area contributed by atoms with Gasteiger partial charge in [-0.2, -0.15) is 5.10 Å². The number of carbonyl (C=O) groups is 1. The third kappa shape index (κ3) is 3.20. The zero-order valence-electron chi connectivity index (χ0n) is 17.3. The number of aromatic amines is 1. The van der Waals surface area contributed by atoms with Crippen LogP contribution in [0.5, 0.6) is 5.75 Å². The van der Waals surface area contributed by atoms with Crippen molar-refractivity contribution in [3.8, 4) is 5.75 Å². The molecule has 0 unspecified atom stereocenters. The molecular formula is C23H25N3O4S. The van der Waals surface area contributed by atoms with Gasteiger partial charge in [-0.25, -0.2) is 13.1 Å². The van der Waals surface area contributed by atoms with Crippen LogP contribution in [0.15, 0.2) is 47.5 Å². The van der Waals surface area contributed by atoms with Gasteiger partial charge in [0.15, 0.2) is 0 Å². The number of hydrogen-bond acceptors (Lipinski definition) is 5. The molecule has 1 amide bonds. The summed E-state index contributed by atoms with van der Waals surface area (Å²) in [7, 11) is -2.48. The highest BCUT2D eigenvalue weighted by atomic mass is 32.2. The number of nitrogens with one attached hydrogen (secondary N) is 2. The molecular weight excluding hydrogens is 414 g/mol. The topological polar surface area (TPSA) is 101 Å². The molecule has 0 aliphatic heterocycles. The lowest BCUT2D eigenvalue weighted by Crippen LogP contribution is -2.51. The Balaban J connectivity index is 1.51. The molecule has 7 nitrogen and oxygen atoms in total. The number of benzene rings is 2. The molecule has 1 aromatic heterocycles. The first-order chi connectivity index (χ1) is 14.9. The summed E-state index contributed by atoms with van der Waals surface area (Å²) in [5.74, 6) is 0.642. The van der Waals surface area contributed by atoms with Gasteiger partial charge in [0, 0.05) is 10.9 Å². The van der Waals surface area contributed by atoms with Gasteiger partial charge in [0.2, 0.25) is 5.91 Å². The number of fused-ring (bicyclic) bond motifs is 1. The van der Waals surface area contributed by atoms with Crippen molar-refractivity contribution in [2.75, 3.05) is 7.11 Å². The maximum absolute atomic E-state index is 13.5. The highest BCUT2D eigenvalue weighted by molar-refractivity contribution is 7.90. The minimum atomic E-state index is -4.06. The van der Waals surface area contributed by atoms with Crippen molar-refractivity contribution in [1.29, 1.82) is 0 Å². The number of nitrogens with zero attached hydrogens (tertiary/aromatic N) is 1. The summed E-state index contributed by atoms with van der Waals surface area (Å²) in [6.45, 7) is 0. The van der Waals surface area contributed by atoms with Crippen LogP contribution in [0.3, 0.4) is 0 Å². The number of hydrogen-bond donors (Lipinski definition) is 2. The van der Waals surface area contributed by atoms with E-state index in [4.69, 9.17) is 4.74 Å². The molecule has 8 heteroatoms. The van der Waals surface area contributed by atoms with E-state index in [1.807, 2.05) is 6.07 Å². The van der Waals surface area contributed by atoms with E-state index >= 15 is 0 Å². The van der Waals surface area contributed by atoms with Crippen molar-refractivity contribution in [2.24, 2.45) is 0 Å². The Kier molecular flexibility index (Phi) is 4.77. The molecule has 1 heterocycles. The van der Waals surface area contributed by atoms with Gasteiger partial charge in [0.25, 0.3) is 10.0 Å². The SMILES string of the molecule is COc1ccc(C2CCC2)cc1C1(C(=O)NS(=O)(=O)c2cccc3[nH]ncc23)CCC1. The van der Waals surface area contributed by atoms with Crippen LogP contribution < -0.4 is 9.46 Å². The van der Waals surface area contributed by atoms with Gasteiger partial charge in [-0.3, -0.25) is 9.89 Å². The number of H-pyrrole nitrogens is 1. The Bertz CT molecular complexity index is 1260. The number of rotatable bonds is 6. The predicted molar refractivity (Wildman–Crippen MR) is 117 cm³/mol. The molecule has 3 aromatic rings. The molecule has 0 saturated heterocycles. The Morgan fingerprint density at radius 2 is 2.00 bits per heavy atom. The molecule has 5 rings (SSSR count). The van der Waals surface area contributed by atoms with E-state index in [0.29, 0.717) is 35.4 Å². The van der Waals surface area contributed by atoms with E-state index in [2.05, 4.69) is 27.1 Å². The quantitative estimate of drug-likeness (QED) is 0.609. The van der Waals surface area contributed by atoms with Crippen LogP contribution in [-0.2, 0) is 20.2 Å². The van der Waals surface area contributed by atoms with Gasteiger partial charge in [-0.1, -0.05) is 31.0 Å². The average Bonchev–Trinajstić information content (AvgIpc) is 3.14. The second-order valence-corrected chi connectivity index (χ2v) is 10.2. The van der Waals surface area contributed by atoms with Crippen LogP contribution in [0.1, 0.15) is 55.6 Å². The van der Waals surface area contributed by atoms with Gasteiger partial charge in [-0.15, -0.1) is 0 Å². The molecule has 2 N–H and O–H groups in total. The van der Waals surface area contributed by atoms with Crippen LogP contribution in [0.25, 0.3) is 10.9 Å². The van der Waals surface area contributed by atoms with Crippen molar-refractivity contribution < 1.29 is 17.9 Å². The molecule has 0 radical (unpaired) electrons. The van der Waals surface area contributed by atoms with E-state index in [-0.39, 0.29) is 4.90 Å². The summed E-state index contributed by atoms with van der Waals surface area (Å²) in [5, 5.41) is 7.14. The molecule has 31 heavy (non-hydrogen) atoms. The highest BCUT2D eigenvalue weighted by Crippen LogP contribution is 2.49. The Morgan fingerprint density at radius 3 is 2.65 bits per heavy atom. The Morgan fingerprint density at radius 1 is 1.19 bits per heavy atom. The van der Waals surface area contributed by atoms with E-state index in [9.17, 15) is 13.2 Å². The van der Waals surface area contributed by atoms with Gasteiger partial charge in [0.05, 0.1) is 29.1 Å². The summed E-state index contributed by atoms with van der Waals surface area (Å²) in [6.07, 6.45) is 7.02. The summed E-state index contributed by atoms with van der Waals surface area (Å²) >= 11 is 0. The summed E-state index contributed by atoms with van der Waals surface area (Å²) < 4.78 is 34.2. The zero-order valence-corrected chi connectivity index (χ0v) is 18.2. The monoisotopic (exact) mass is 439 g/mol. The lowest BCUT2D eigenvalue weighted by Gasteiger charge is -2.41. The van der Waals surface area contributed by atoms with Crippen LogP contribution in [-0.4, -0.2) is 31.6 Å². The molecule has 162 valence electrons. The Labute approximate surface area is 181 Å². The van der Waals surface area contributed by atoms with E-state index in [0.717, 1.165) is 24.8 Å². The lowest BCUT2D eigenvalue weighted by molar-refractivity contribution is -0.128. The minimum Gasteiger partial charge on any atom is -0.496 e. The van der Waals surface area contributed by atoms with Gasteiger partial charge >= 0.3 is 0 Å². The van der Waals surface area contributed by atoms with Gasteiger partial charge < -0.3 is 4.74 Å². The maximum Gasteiger partial charge on any atom is 0.264 e. The molecule has 0 atom stereocenters. The highest BCUT2D eigenvalue weighted by Gasteiger charge is 2.49. The number of sulfonamides is 1. The number of methoxy groups -OCH3 is 1. The Hall–Kier alpha value is -2.87. The molecule has 2 aromatic carbocycles. The van der Waals surface area contributed by atoms with Crippen molar-refractivity contribution in [1.82, 2.24) is 14.9 Å². The van der Waals surface area contributed by atoms with Crippen LogP contribution >= 0.6 is 0 Å². The number of carbonyl (C=O) groups excluding carboxylic acids is 1. The number of amides is 1. The molecule has 2 saturated carbocycles. The van der Waals surface area contributed by atoms with Crippen LogP contribution in [0.2, 0.25) is 0 Å². The van der Waals surface area contributed by atoms with E-state index < -0.39 is 21.3 Å². The fourth-order valence-corrected chi connectivity index (χ4v) is 5.95. The fraction of sp³-hybridized carbons (Fsp3) is 0.391. The normalized spacial score (nSPS) is 18.2. The number of aromatic nitrogens is 2. The van der Waals surface area contributed by atoms with E-state index in [1.165, 1.54) is 24.2 Å². The molecule has 2 aliphatic rings. The fourth-order valence-electron chi connectivity index (χ4n) is 4.69. The molecule has 0 bridgehead atoms. The number of ether oxygens (including phenoxy) is 1. The molecule has 0 spiro atoms. The second kappa shape index (κ2) is 7.37. The zero-order chi connectivity index (χ0) is 21.6. The van der Waals surface area contributed by atoms with Crippen molar-refractivity contribution in [2.45, 2.75) is 54.8 Å². The smallest absolute Gasteiger partial charge is 0.264 e. The van der Waals surface area contributed by atoms with Gasteiger partial charge in [0.1, 0.15) is 5.75 Å². The van der Waals surface area contributed by atoms with Crippen molar-refractivity contribution >= 4 is 26.8 Å². The predicted octanol–water partition coefficient (Wildman–Crippen LogP) is 3.77. The van der Waals surface area contributed by atoms with E-state index in [1.54, 1.807) is 19.2 Å². The first kappa shape index (κ1) is 20.1. The maximum atomic E-state index is 13.5. The van der Waals surface area contributed by atoms with Gasteiger partial charge in [-0.05, 0) is 55.4 Å². The first-order valence-corrected chi connectivity index (χ1v) is 12.1. The summed E-state index contributed by atoms with van der Waals surface area (Å²) in [6, 6.07) is 10.9. The van der Waals surface area contributed by atoms with Crippen molar-refractivity contribution in [3.63, 3.8) is 0 Å². The largest absolute Gasteiger partial charge is 0.496 e. The first-order valence-electron chi connectivity index (χ1n) is 10.6. The van der Waals surface area contributed by atoms with Crippen LogP contribution in [0, 0.1) is 0 Å². The lowest BCUT2D eigenvalue weighted by atomic mass is 9.63. The van der Waals surface area contributed by atoms with Crippen molar-refractivity contribution in [3.05, 3.63) is 53.7 Å². The molecule has 2 aliphatic carbocycles. The molecule has 2 fully saturated rings. The summed E-state index contributed by atoms with van der Waals surface area (Å²) in [4.78, 5) is 13.5. The minimum absolute atomic E-state index is 0.0387. The average molecular weight is 440 g/mol. The standard InChI is InChI=1S/C23H25N3O4S/c1-30-20-10-9-16(15-5-2-6-15)13-18(20)23(11-4-12-23)22(27)26-31(28,29)21-8-3-7-19-17(21)14-24-25-19/h3,7-10,13-15H,2,4-6,11-12H2,1H3,(H,24,25)(H,26,27). The third-order valence-corrected chi connectivity index (χ3v) is 8.31. The summed E-state index contributed by atoms with van der Waals surface area (Å²) in [5.41, 5.74) is 1.69. The van der Waals surface area contributed by atoms with Crippen LogP contribution in [0.4, 0.5) is 0 Å². The second-order valence-electron chi connectivity index (χ2n) is 8.55.